The molecule has 0 spiro atoms. The van der Waals surface area contributed by atoms with Gasteiger partial charge in [0.05, 0.1) is 22.3 Å². The number of ether oxygens (including phenoxy) is 1. The third-order valence-electron chi connectivity index (χ3n) is 4.82. The third kappa shape index (κ3) is 2.77. The fraction of sp³-hybridized carbons (Fsp3) is 0.368. The van der Waals surface area contributed by atoms with Gasteiger partial charge in [0.25, 0.3) is 0 Å². The van der Waals surface area contributed by atoms with E-state index in [4.69, 9.17) is 10.5 Å². The minimum atomic E-state index is -3.52. The molecule has 5 heteroatoms. The molecule has 0 saturated heterocycles. The van der Waals surface area contributed by atoms with Crippen molar-refractivity contribution in [3.05, 3.63) is 65.2 Å². The molecule has 3 atom stereocenters. The number of rotatable bonds is 5. The van der Waals surface area contributed by atoms with E-state index >= 15 is 0 Å². The maximum absolute atomic E-state index is 13.1. The van der Waals surface area contributed by atoms with Gasteiger partial charge in [0.1, 0.15) is 0 Å². The number of hydrogen-bond acceptors (Lipinski definition) is 4. The van der Waals surface area contributed by atoms with Crippen molar-refractivity contribution < 1.29 is 13.2 Å². The molecule has 4 nitrogen and oxygen atoms in total. The first kappa shape index (κ1) is 17.1. The molecule has 2 aromatic rings. The summed E-state index contributed by atoms with van der Waals surface area (Å²) in [5, 5.41) is -0.671. The zero-order valence-corrected chi connectivity index (χ0v) is 15.0. The van der Waals surface area contributed by atoms with Crippen LogP contribution in [0.25, 0.3) is 0 Å². The number of aryl methyl sites for hydroxylation is 2. The fourth-order valence-corrected chi connectivity index (χ4v) is 5.74. The summed E-state index contributed by atoms with van der Waals surface area (Å²) < 4.78 is 31.5. The Morgan fingerprint density at radius 1 is 1.00 bits per heavy atom. The molecule has 1 fully saturated rings. The van der Waals surface area contributed by atoms with Gasteiger partial charge < -0.3 is 10.5 Å². The molecule has 0 amide bonds. The van der Waals surface area contributed by atoms with Crippen LogP contribution in [-0.4, -0.2) is 32.9 Å². The molecule has 1 saturated carbocycles. The summed E-state index contributed by atoms with van der Waals surface area (Å²) in [5.41, 5.74) is 8.67. The van der Waals surface area contributed by atoms with Crippen LogP contribution in [0.4, 0.5) is 0 Å². The van der Waals surface area contributed by atoms with Crippen LogP contribution in [-0.2, 0) is 14.6 Å². The van der Waals surface area contributed by atoms with Crippen molar-refractivity contribution in [3.63, 3.8) is 0 Å². The fourth-order valence-electron chi connectivity index (χ4n) is 3.45. The Labute approximate surface area is 143 Å². The number of hydrogen-bond donors (Lipinski definition) is 1. The van der Waals surface area contributed by atoms with Crippen molar-refractivity contribution in [1.82, 2.24) is 0 Å². The van der Waals surface area contributed by atoms with E-state index in [0.29, 0.717) is 4.90 Å². The zero-order chi connectivity index (χ0) is 17.5. The standard InChI is InChI=1S/C19H23NO3S/c1-13-4-8-15(9-5-13)17-18(19(17,20)12-23-3)24(21,22)16-10-6-14(2)7-11-16/h4-11,17-18H,12,20H2,1-3H3/t17-,18+,19-/m0/s1. The highest BCUT2D eigenvalue weighted by atomic mass is 32.2. The average Bonchev–Trinajstić information content (AvgIpc) is 3.15. The van der Waals surface area contributed by atoms with E-state index in [0.717, 1.165) is 16.7 Å². The lowest BCUT2D eigenvalue weighted by Crippen LogP contribution is -2.35. The second-order valence-corrected chi connectivity index (χ2v) is 8.78. The van der Waals surface area contributed by atoms with Gasteiger partial charge in [0.2, 0.25) is 0 Å². The molecule has 24 heavy (non-hydrogen) atoms. The second-order valence-electron chi connectivity index (χ2n) is 6.71. The number of sulfone groups is 1. The Morgan fingerprint density at radius 2 is 1.50 bits per heavy atom. The lowest BCUT2D eigenvalue weighted by molar-refractivity contribution is 0.171. The number of methoxy groups -OCH3 is 1. The van der Waals surface area contributed by atoms with Crippen molar-refractivity contribution >= 4 is 9.84 Å². The van der Waals surface area contributed by atoms with Crippen LogP contribution in [0.2, 0.25) is 0 Å². The number of nitrogens with two attached hydrogens (primary N) is 1. The Morgan fingerprint density at radius 3 is 2.00 bits per heavy atom. The van der Waals surface area contributed by atoms with Crippen LogP contribution in [0.1, 0.15) is 22.6 Å². The van der Waals surface area contributed by atoms with E-state index in [-0.39, 0.29) is 12.5 Å². The molecule has 0 unspecified atom stereocenters. The zero-order valence-electron chi connectivity index (χ0n) is 14.2. The van der Waals surface area contributed by atoms with Crippen molar-refractivity contribution in [2.45, 2.75) is 35.4 Å². The minimum absolute atomic E-state index is 0.210. The van der Waals surface area contributed by atoms with Crippen molar-refractivity contribution in [3.8, 4) is 0 Å². The Hall–Kier alpha value is -1.69. The van der Waals surface area contributed by atoms with Crippen molar-refractivity contribution in [2.24, 2.45) is 5.73 Å². The maximum atomic E-state index is 13.1. The van der Waals surface area contributed by atoms with E-state index in [1.54, 1.807) is 19.2 Å². The Bertz CT molecular complexity index is 828. The molecule has 2 aromatic carbocycles. The second kappa shape index (κ2) is 5.99. The summed E-state index contributed by atoms with van der Waals surface area (Å²) in [5.74, 6) is -0.260. The lowest BCUT2D eigenvalue weighted by atomic mass is 10.1. The van der Waals surface area contributed by atoms with E-state index < -0.39 is 20.6 Å². The predicted molar refractivity (Wildman–Crippen MR) is 94.9 cm³/mol. The van der Waals surface area contributed by atoms with Gasteiger partial charge >= 0.3 is 0 Å². The summed E-state index contributed by atoms with van der Waals surface area (Å²) in [6.45, 7) is 4.14. The quantitative estimate of drug-likeness (QED) is 0.904. The van der Waals surface area contributed by atoms with Crippen LogP contribution in [0.5, 0.6) is 0 Å². The van der Waals surface area contributed by atoms with Gasteiger partial charge in [0, 0.05) is 13.0 Å². The summed E-state index contributed by atoms with van der Waals surface area (Å²) >= 11 is 0. The maximum Gasteiger partial charge on any atom is 0.183 e. The summed E-state index contributed by atoms with van der Waals surface area (Å²) in [7, 11) is -1.97. The van der Waals surface area contributed by atoms with Gasteiger partial charge in [-0.2, -0.15) is 0 Å². The lowest BCUT2D eigenvalue weighted by Gasteiger charge is -2.11. The number of benzene rings is 2. The summed E-state index contributed by atoms with van der Waals surface area (Å²) in [6.07, 6.45) is 0. The van der Waals surface area contributed by atoms with Crippen LogP contribution >= 0.6 is 0 Å². The summed E-state index contributed by atoms with van der Waals surface area (Å²) in [6, 6.07) is 14.8. The molecule has 1 aliphatic carbocycles. The molecule has 128 valence electrons. The first-order chi connectivity index (χ1) is 11.3. The largest absolute Gasteiger partial charge is 0.383 e. The van der Waals surface area contributed by atoms with E-state index in [1.165, 1.54) is 0 Å². The van der Waals surface area contributed by atoms with Crippen molar-refractivity contribution in [1.29, 1.82) is 0 Å². The van der Waals surface area contributed by atoms with Crippen LogP contribution in [0.15, 0.2) is 53.4 Å². The van der Waals surface area contributed by atoms with Crippen LogP contribution < -0.4 is 5.73 Å². The summed E-state index contributed by atoms with van der Waals surface area (Å²) in [4.78, 5) is 0.318. The smallest absolute Gasteiger partial charge is 0.183 e. The third-order valence-corrected chi connectivity index (χ3v) is 7.13. The molecular formula is C19H23NO3S. The topological polar surface area (TPSA) is 69.4 Å². The van der Waals surface area contributed by atoms with Gasteiger partial charge in [0.15, 0.2) is 9.84 Å². The van der Waals surface area contributed by atoms with Gasteiger partial charge in [-0.25, -0.2) is 8.42 Å². The van der Waals surface area contributed by atoms with E-state index in [2.05, 4.69) is 0 Å². The van der Waals surface area contributed by atoms with Crippen LogP contribution in [0.3, 0.4) is 0 Å². The Kier molecular flexibility index (Phi) is 4.28. The first-order valence-corrected chi connectivity index (χ1v) is 9.50. The van der Waals surface area contributed by atoms with Gasteiger partial charge in [-0.1, -0.05) is 47.5 Å². The molecule has 0 aliphatic heterocycles. The van der Waals surface area contributed by atoms with Gasteiger partial charge in [-0.05, 0) is 31.5 Å². The molecule has 0 bridgehead atoms. The normalized spacial score (nSPS) is 26.3. The monoisotopic (exact) mass is 345 g/mol. The Balaban J connectivity index is 2.01. The van der Waals surface area contributed by atoms with E-state index in [9.17, 15) is 8.42 Å². The van der Waals surface area contributed by atoms with Gasteiger partial charge in [-0.15, -0.1) is 0 Å². The van der Waals surface area contributed by atoms with Crippen molar-refractivity contribution in [2.75, 3.05) is 13.7 Å². The minimum Gasteiger partial charge on any atom is -0.383 e. The molecule has 2 N–H and O–H groups in total. The molecule has 0 aromatic heterocycles. The highest BCUT2D eigenvalue weighted by Gasteiger charge is 2.69. The molecule has 3 rings (SSSR count). The molecular weight excluding hydrogens is 322 g/mol. The average molecular weight is 345 g/mol. The van der Waals surface area contributed by atoms with E-state index in [1.807, 2.05) is 50.2 Å². The molecule has 1 aliphatic rings. The predicted octanol–water partition coefficient (Wildman–Crippen LogP) is 2.59. The van der Waals surface area contributed by atoms with Gasteiger partial charge in [-0.3, -0.25) is 0 Å². The van der Waals surface area contributed by atoms with Crippen LogP contribution in [0, 0.1) is 13.8 Å². The highest BCUT2D eigenvalue weighted by molar-refractivity contribution is 7.92. The highest BCUT2D eigenvalue weighted by Crippen LogP contribution is 2.55. The SMILES string of the molecule is COC[C@@]1(N)[C@H](S(=O)(=O)c2ccc(C)cc2)[C@@H]1c1ccc(C)cc1. The first-order valence-electron chi connectivity index (χ1n) is 7.95. The molecule has 0 radical (unpaired) electrons. The molecule has 0 heterocycles.